The number of nitriles is 1. The lowest BCUT2D eigenvalue weighted by Crippen LogP contribution is -2.01. The van der Waals surface area contributed by atoms with Gasteiger partial charge in [-0.05, 0) is 87.0 Å². The van der Waals surface area contributed by atoms with Gasteiger partial charge >= 0.3 is 0 Å². The van der Waals surface area contributed by atoms with Crippen LogP contribution in [0.5, 0.6) is 0 Å². The topological polar surface area (TPSA) is 75.6 Å². The van der Waals surface area contributed by atoms with Crippen LogP contribution in [-0.4, -0.2) is 15.0 Å². The second-order valence-corrected chi connectivity index (χ2v) is 13.9. The summed E-state index contributed by atoms with van der Waals surface area (Å²) in [6.07, 6.45) is 0. The molecule has 10 aromatic rings. The fourth-order valence-electron chi connectivity index (χ4n) is 7.61. The summed E-state index contributed by atoms with van der Waals surface area (Å²) >= 11 is 0. The van der Waals surface area contributed by atoms with Gasteiger partial charge in [-0.2, -0.15) is 5.26 Å². The molecule has 0 atom stereocenters. The SMILES string of the molecule is N#Cc1cccc(-c2ccccc2-c2nc(-c3cccc(-c4cccc(-c5ccccc5)c4)c3)nc(-c3ccc4c(c3)oc3cccc(-c5ccccc5)c34)n2)c1. The van der Waals surface area contributed by atoms with E-state index in [1.54, 1.807) is 0 Å². The van der Waals surface area contributed by atoms with Crippen molar-refractivity contribution in [3.63, 3.8) is 0 Å². The van der Waals surface area contributed by atoms with E-state index in [0.717, 1.165) is 77.6 Å². The second-order valence-electron chi connectivity index (χ2n) is 13.9. The molecule has 0 saturated carbocycles. The van der Waals surface area contributed by atoms with Crippen LogP contribution in [0.2, 0.25) is 0 Å². The minimum absolute atomic E-state index is 0.526. The quantitative estimate of drug-likeness (QED) is 0.163. The van der Waals surface area contributed by atoms with Gasteiger partial charge < -0.3 is 4.42 Å². The minimum Gasteiger partial charge on any atom is -0.456 e. The van der Waals surface area contributed by atoms with Gasteiger partial charge in [0.25, 0.3) is 0 Å². The molecular weight excluding hydrogens is 697 g/mol. The third-order valence-corrected chi connectivity index (χ3v) is 10.4. The van der Waals surface area contributed by atoms with E-state index in [1.165, 1.54) is 5.56 Å². The maximum absolute atomic E-state index is 9.70. The Labute approximate surface area is 329 Å². The van der Waals surface area contributed by atoms with Crippen LogP contribution in [0.1, 0.15) is 5.56 Å². The van der Waals surface area contributed by atoms with Gasteiger partial charge in [-0.3, -0.25) is 0 Å². The van der Waals surface area contributed by atoms with Crippen molar-refractivity contribution in [2.24, 2.45) is 0 Å². The summed E-state index contributed by atoms with van der Waals surface area (Å²) < 4.78 is 6.51. The molecule has 0 unspecified atom stereocenters. The maximum Gasteiger partial charge on any atom is 0.164 e. The van der Waals surface area contributed by atoms with Gasteiger partial charge in [0.15, 0.2) is 17.5 Å². The minimum atomic E-state index is 0.526. The lowest BCUT2D eigenvalue weighted by atomic mass is 9.97. The smallest absolute Gasteiger partial charge is 0.164 e. The van der Waals surface area contributed by atoms with Gasteiger partial charge in [-0.25, -0.2) is 15.0 Å². The van der Waals surface area contributed by atoms with E-state index >= 15 is 0 Å². The van der Waals surface area contributed by atoms with Gasteiger partial charge in [0.1, 0.15) is 11.2 Å². The third kappa shape index (κ3) is 6.42. The van der Waals surface area contributed by atoms with Crippen molar-refractivity contribution >= 4 is 21.9 Å². The average molecular weight is 729 g/mol. The first-order valence-corrected chi connectivity index (χ1v) is 18.8. The molecule has 0 N–H and O–H groups in total. The van der Waals surface area contributed by atoms with Crippen LogP contribution >= 0.6 is 0 Å². The second kappa shape index (κ2) is 14.4. The molecule has 266 valence electrons. The largest absolute Gasteiger partial charge is 0.456 e. The van der Waals surface area contributed by atoms with Crippen LogP contribution in [0, 0.1) is 11.3 Å². The summed E-state index contributed by atoms with van der Waals surface area (Å²) in [6, 6.07) is 68.1. The Bertz CT molecular complexity index is 3140. The molecule has 0 bridgehead atoms. The number of furan rings is 1. The zero-order valence-electron chi connectivity index (χ0n) is 30.7. The molecule has 0 aliphatic rings. The highest BCUT2D eigenvalue weighted by Crippen LogP contribution is 2.39. The molecule has 0 spiro atoms. The van der Waals surface area contributed by atoms with E-state index in [-0.39, 0.29) is 0 Å². The maximum atomic E-state index is 9.70. The van der Waals surface area contributed by atoms with Crippen molar-refractivity contribution in [1.29, 1.82) is 5.26 Å². The van der Waals surface area contributed by atoms with Gasteiger partial charge in [0.05, 0.1) is 11.6 Å². The lowest BCUT2D eigenvalue weighted by Gasteiger charge is -2.13. The third-order valence-electron chi connectivity index (χ3n) is 10.4. The number of benzene rings is 8. The molecule has 0 amide bonds. The average Bonchev–Trinajstić information content (AvgIpc) is 3.68. The Balaban J connectivity index is 1.14. The highest BCUT2D eigenvalue weighted by molar-refractivity contribution is 6.13. The van der Waals surface area contributed by atoms with Gasteiger partial charge in [0.2, 0.25) is 0 Å². The molecule has 5 nitrogen and oxygen atoms in total. The van der Waals surface area contributed by atoms with Gasteiger partial charge in [0, 0.05) is 27.5 Å². The number of hydrogen-bond donors (Lipinski definition) is 0. The van der Waals surface area contributed by atoms with Crippen molar-refractivity contribution in [2.45, 2.75) is 0 Å². The highest BCUT2D eigenvalue weighted by atomic mass is 16.3. The molecule has 8 aromatic carbocycles. The summed E-state index contributed by atoms with van der Waals surface area (Å²) in [6.45, 7) is 0. The van der Waals surface area contributed by atoms with Crippen molar-refractivity contribution < 1.29 is 4.42 Å². The van der Waals surface area contributed by atoms with E-state index in [2.05, 4.69) is 115 Å². The summed E-state index contributed by atoms with van der Waals surface area (Å²) in [5.74, 6) is 1.60. The van der Waals surface area contributed by atoms with Crippen LogP contribution in [0.3, 0.4) is 0 Å². The molecule has 0 saturated heterocycles. The van der Waals surface area contributed by atoms with Crippen molar-refractivity contribution in [2.75, 3.05) is 0 Å². The first kappa shape index (κ1) is 33.6. The van der Waals surface area contributed by atoms with E-state index < -0.39 is 0 Å². The van der Waals surface area contributed by atoms with E-state index in [1.807, 2.05) is 84.9 Å². The van der Waals surface area contributed by atoms with Gasteiger partial charge in [-0.1, -0.05) is 152 Å². The lowest BCUT2D eigenvalue weighted by molar-refractivity contribution is 0.669. The summed E-state index contributed by atoms with van der Waals surface area (Å²) in [4.78, 5) is 15.5. The summed E-state index contributed by atoms with van der Waals surface area (Å²) in [7, 11) is 0. The van der Waals surface area contributed by atoms with Crippen LogP contribution in [0.4, 0.5) is 0 Å². The molecule has 0 aliphatic heterocycles. The molecule has 5 heteroatoms. The Morgan fingerprint density at radius 3 is 1.61 bits per heavy atom. The first-order chi connectivity index (χ1) is 28.2. The van der Waals surface area contributed by atoms with Crippen molar-refractivity contribution in [1.82, 2.24) is 15.0 Å². The monoisotopic (exact) mass is 728 g/mol. The van der Waals surface area contributed by atoms with Crippen LogP contribution in [0.15, 0.2) is 199 Å². The molecular formula is C52H32N4O. The Hall–Kier alpha value is -7.94. The molecule has 2 heterocycles. The number of fused-ring (bicyclic) bond motifs is 3. The summed E-state index contributed by atoms with van der Waals surface area (Å²) in [5, 5.41) is 11.8. The molecule has 10 rings (SSSR count). The van der Waals surface area contributed by atoms with Crippen LogP contribution in [-0.2, 0) is 0 Å². The predicted molar refractivity (Wildman–Crippen MR) is 230 cm³/mol. The van der Waals surface area contributed by atoms with Gasteiger partial charge in [-0.15, -0.1) is 0 Å². The fraction of sp³-hybridized carbons (Fsp3) is 0. The van der Waals surface area contributed by atoms with Crippen molar-refractivity contribution in [3.8, 4) is 84.7 Å². The van der Waals surface area contributed by atoms with E-state index in [0.29, 0.717) is 23.0 Å². The number of rotatable bonds is 7. The van der Waals surface area contributed by atoms with E-state index in [9.17, 15) is 5.26 Å². The zero-order valence-corrected chi connectivity index (χ0v) is 30.7. The number of hydrogen-bond acceptors (Lipinski definition) is 5. The normalized spacial score (nSPS) is 11.1. The first-order valence-electron chi connectivity index (χ1n) is 18.8. The van der Waals surface area contributed by atoms with Crippen LogP contribution in [0.25, 0.3) is 101 Å². The molecule has 0 aliphatic carbocycles. The fourth-order valence-corrected chi connectivity index (χ4v) is 7.61. The molecule has 0 radical (unpaired) electrons. The highest BCUT2D eigenvalue weighted by Gasteiger charge is 2.19. The molecule has 57 heavy (non-hydrogen) atoms. The van der Waals surface area contributed by atoms with Crippen LogP contribution < -0.4 is 0 Å². The standard InChI is InChI=1S/C52H32N4O/c53-33-34-13-9-21-40(29-34)43-23-7-8-24-45(43)52-55-50(41-22-11-20-39(31-41)38-19-10-18-37(30-38)35-14-3-1-4-15-35)54-51(56-52)42-27-28-46-48(32-42)57-47-26-12-25-44(49(46)47)36-16-5-2-6-17-36/h1-32H. The van der Waals surface area contributed by atoms with E-state index in [4.69, 9.17) is 19.4 Å². The summed E-state index contributed by atoms with van der Waals surface area (Å²) in [5.41, 5.74) is 13.2. The Morgan fingerprint density at radius 2 is 0.877 bits per heavy atom. The number of aromatic nitrogens is 3. The Kier molecular flexibility index (Phi) is 8.48. The molecule has 2 aromatic heterocycles. The molecule has 0 fully saturated rings. The van der Waals surface area contributed by atoms with Crippen molar-refractivity contribution in [3.05, 3.63) is 200 Å². The zero-order chi connectivity index (χ0) is 38.1. The predicted octanol–water partition coefficient (Wildman–Crippen LogP) is 13.3. The Morgan fingerprint density at radius 1 is 0.351 bits per heavy atom. The number of nitrogens with zero attached hydrogens (tertiary/aromatic N) is 4.